The molecule has 2 aliphatic rings. The zero-order valence-corrected chi connectivity index (χ0v) is 18.3. The molecule has 0 bridgehead atoms. The van der Waals surface area contributed by atoms with Crippen LogP contribution >= 0.6 is 11.8 Å². The SMILES string of the molecule is CC1(C)S[C@@H]2C(N(C(=O)CC(=O)Oc3ccccc3)c3ccccc3)C(=O)N2C1C(=O)O. The molecule has 1 N–H and O–H groups in total. The van der Waals surface area contributed by atoms with Crippen LogP contribution in [0.3, 0.4) is 0 Å². The highest BCUT2D eigenvalue weighted by molar-refractivity contribution is 8.01. The Morgan fingerprint density at radius 3 is 2.25 bits per heavy atom. The summed E-state index contributed by atoms with van der Waals surface area (Å²) < 4.78 is 4.51. The van der Waals surface area contributed by atoms with Gasteiger partial charge in [0.15, 0.2) is 0 Å². The van der Waals surface area contributed by atoms with Crippen molar-refractivity contribution in [1.29, 1.82) is 0 Å². The van der Waals surface area contributed by atoms with Gasteiger partial charge in [-0.05, 0) is 38.1 Å². The zero-order chi connectivity index (χ0) is 23.0. The van der Waals surface area contributed by atoms with Crippen LogP contribution in [0.15, 0.2) is 60.7 Å². The van der Waals surface area contributed by atoms with Crippen molar-refractivity contribution >= 4 is 41.2 Å². The number of rotatable bonds is 6. The highest BCUT2D eigenvalue weighted by Gasteiger charge is 2.66. The predicted octanol–water partition coefficient (Wildman–Crippen LogP) is 2.53. The summed E-state index contributed by atoms with van der Waals surface area (Å²) in [4.78, 5) is 53.1. The minimum atomic E-state index is -1.08. The quantitative estimate of drug-likeness (QED) is 0.310. The van der Waals surface area contributed by atoms with E-state index in [1.165, 1.54) is 21.6 Å². The molecule has 2 saturated heterocycles. The maximum atomic E-state index is 13.2. The Morgan fingerprint density at radius 1 is 1.06 bits per heavy atom. The molecule has 2 amide bonds. The molecule has 166 valence electrons. The molecule has 0 aromatic heterocycles. The molecule has 2 fully saturated rings. The van der Waals surface area contributed by atoms with Gasteiger partial charge in [0.2, 0.25) is 5.91 Å². The van der Waals surface area contributed by atoms with Gasteiger partial charge in [0.1, 0.15) is 29.6 Å². The highest BCUT2D eigenvalue weighted by atomic mass is 32.2. The first-order valence-electron chi connectivity index (χ1n) is 10.1. The Morgan fingerprint density at radius 2 is 1.66 bits per heavy atom. The lowest BCUT2D eigenvalue weighted by Crippen LogP contribution is -2.71. The number of anilines is 1. The number of hydrogen-bond donors (Lipinski definition) is 1. The number of esters is 1. The first-order chi connectivity index (χ1) is 15.2. The Bertz CT molecular complexity index is 1060. The van der Waals surface area contributed by atoms with Crippen molar-refractivity contribution in [3.8, 4) is 5.75 Å². The van der Waals surface area contributed by atoms with E-state index in [1.807, 2.05) is 0 Å². The Labute approximate surface area is 189 Å². The minimum absolute atomic E-state index is 0.319. The van der Waals surface area contributed by atoms with Gasteiger partial charge in [0.05, 0.1) is 0 Å². The summed E-state index contributed by atoms with van der Waals surface area (Å²) in [5.41, 5.74) is 0.459. The second-order valence-corrected chi connectivity index (χ2v) is 9.88. The third-order valence-corrected chi connectivity index (χ3v) is 7.06. The Balaban J connectivity index is 1.59. The number of amides is 2. The number of carbonyl (C=O) groups excluding carboxylic acids is 3. The fourth-order valence-corrected chi connectivity index (χ4v) is 5.82. The van der Waals surface area contributed by atoms with E-state index in [2.05, 4.69) is 0 Å². The second-order valence-electron chi connectivity index (χ2n) is 8.11. The van der Waals surface area contributed by atoms with Crippen LogP contribution in [-0.4, -0.2) is 56.0 Å². The average Bonchev–Trinajstić information content (AvgIpc) is 3.00. The number of ether oxygens (including phenoxy) is 1. The fraction of sp³-hybridized carbons (Fsp3) is 0.304. The lowest BCUT2D eigenvalue weighted by atomic mass is 9.94. The van der Waals surface area contributed by atoms with Crippen molar-refractivity contribution < 1.29 is 29.0 Å². The van der Waals surface area contributed by atoms with Gasteiger partial charge < -0.3 is 14.7 Å². The maximum absolute atomic E-state index is 13.2. The van der Waals surface area contributed by atoms with Crippen LogP contribution < -0.4 is 9.64 Å². The summed E-state index contributed by atoms with van der Waals surface area (Å²) in [7, 11) is 0. The second kappa shape index (κ2) is 8.31. The van der Waals surface area contributed by atoms with Crippen LogP contribution in [-0.2, 0) is 19.2 Å². The number of thioether (sulfide) groups is 1. The van der Waals surface area contributed by atoms with E-state index in [0.29, 0.717) is 11.4 Å². The van der Waals surface area contributed by atoms with Crippen LogP contribution in [0.2, 0.25) is 0 Å². The summed E-state index contributed by atoms with van der Waals surface area (Å²) in [6.07, 6.45) is -0.559. The van der Waals surface area contributed by atoms with Crippen molar-refractivity contribution in [3.63, 3.8) is 0 Å². The van der Waals surface area contributed by atoms with Gasteiger partial charge in [-0.2, -0.15) is 0 Å². The zero-order valence-electron chi connectivity index (χ0n) is 17.5. The smallest absolute Gasteiger partial charge is 0.327 e. The third-order valence-electron chi connectivity index (χ3n) is 5.50. The summed E-state index contributed by atoms with van der Waals surface area (Å²) in [5, 5.41) is 9.13. The van der Waals surface area contributed by atoms with Gasteiger partial charge in [-0.15, -0.1) is 11.8 Å². The summed E-state index contributed by atoms with van der Waals surface area (Å²) in [6.45, 7) is 3.54. The lowest BCUT2D eigenvalue weighted by Gasteiger charge is -2.48. The molecule has 0 saturated carbocycles. The molecule has 0 spiro atoms. The standard InChI is InChI=1S/C23H22N2O6S/c1-23(2)19(22(29)30)25-20(28)18(21(25)32-23)24(14-9-5-3-6-10-14)16(26)13-17(27)31-15-11-7-4-8-12-15/h3-12,18-19,21H,13H2,1-2H3,(H,29,30)/t18?,19?,21-/m1/s1. The molecule has 9 heteroatoms. The molecule has 2 aliphatic heterocycles. The number of carboxylic acids is 1. The molecule has 2 aromatic rings. The number of hydrogen-bond acceptors (Lipinski definition) is 6. The predicted molar refractivity (Wildman–Crippen MR) is 118 cm³/mol. The average molecular weight is 455 g/mol. The monoisotopic (exact) mass is 454 g/mol. The van der Waals surface area contributed by atoms with E-state index in [1.54, 1.807) is 74.5 Å². The molecule has 2 aromatic carbocycles. The van der Waals surface area contributed by atoms with Gasteiger partial charge in [0, 0.05) is 10.4 Å². The van der Waals surface area contributed by atoms with Gasteiger partial charge in [-0.25, -0.2) is 4.79 Å². The summed E-state index contributed by atoms with van der Waals surface area (Å²) in [6, 6.07) is 15.1. The number of β-lactam (4-membered cyclic amide) rings is 1. The number of carboxylic acid groups (broad SMARTS) is 1. The van der Waals surface area contributed by atoms with Gasteiger partial charge in [0.25, 0.3) is 5.91 Å². The van der Waals surface area contributed by atoms with Crippen molar-refractivity contribution in [2.75, 3.05) is 4.90 Å². The Hall–Kier alpha value is -3.33. The van der Waals surface area contributed by atoms with Crippen molar-refractivity contribution in [3.05, 3.63) is 60.7 Å². The lowest BCUT2D eigenvalue weighted by molar-refractivity contribution is -0.159. The van der Waals surface area contributed by atoms with Crippen molar-refractivity contribution in [1.82, 2.24) is 4.90 Å². The minimum Gasteiger partial charge on any atom is -0.480 e. The molecule has 32 heavy (non-hydrogen) atoms. The van der Waals surface area contributed by atoms with Gasteiger partial charge in [-0.3, -0.25) is 19.3 Å². The fourth-order valence-electron chi connectivity index (χ4n) is 4.14. The molecule has 3 atom stereocenters. The summed E-state index contributed by atoms with van der Waals surface area (Å²) in [5.74, 6) is -2.55. The van der Waals surface area contributed by atoms with Gasteiger partial charge in [-0.1, -0.05) is 36.4 Å². The molecule has 4 rings (SSSR count). The number of aliphatic carboxylic acids is 1. The van der Waals surface area contributed by atoms with Gasteiger partial charge >= 0.3 is 11.9 Å². The van der Waals surface area contributed by atoms with Crippen molar-refractivity contribution in [2.24, 2.45) is 0 Å². The molecule has 0 radical (unpaired) electrons. The van der Waals surface area contributed by atoms with Crippen molar-refractivity contribution in [2.45, 2.75) is 42.5 Å². The van der Waals surface area contributed by atoms with E-state index in [-0.39, 0.29) is 0 Å². The number of carbonyl (C=O) groups is 4. The van der Waals surface area contributed by atoms with Crippen LogP contribution in [0.5, 0.6) is 5.75 Å². The molecular formula is C23H22N2O6S. The number of nitrogens with zero attached hydrogens (tertiary/aromatic N) is 2. The molecule has 2 unspecified atom stereocenters. The number of benzene rings is 2. The third kappa shape index (κ3) is 3.84. The van der Waals surface area contributed by atoms with Crippen LogP contribution in [0, 0.1) is 0 Å². The molecular weight excluding hydrogens is 432 g/mol. The molecule has 2 heterocycles. The first kappa shape index (κ1) is 21.9. The molecule has 8 nitrogen and oxygen atoms in total. The normalized spacial score (nSPS) is 23.1. The maximum Gasteiger partial charge on any atom is 0.327 e. The van der Waals surface area contributed by atoms with E-state index < -0.39 is 52.4 Å². The first-order valence-corrected chi connectivity index (χ1v) is 10.9. The van der Waals surface area contributed by atoms with Crippen LogP contribution in [0.4, 0.5) is 5.69 Å². The van der Waals surface area contributed by atoms with E-state index in [9.17, 15) is 24.3 Å². The van der Waals surface area contributed by atoms with E-state index >= 15 is 0 Å². The Kier molecular flexibility index (Phi) is 5.68. The number of fused-ring (bicyclic) bond motifs is 1. The largest absolute Gasteiger partial charge is 0.480 e. The topological polar surface area (TPSA) is 104 Å². The van der Waals surface area contributed by atoms with Crippen LogP contribution in [0.1, 0.15) is 20.3 Å². The van der Waals surface area contributed by atoms with Crippen LogP contribution in [0.25, 0.3) is 0 Å². The van der Waals surface area contributed by atoms with E-state index in [4.69, 9.17) is 4.74 Å². The summed E-state index contributed by atoms with van der Waals surface area (Å²) >= 11 is 1.34. The van der Waals surface area contributed by atoms with E-state index in [0.717, 1.165) is 0 Å². The molecule has 0 aliphatic carbocycles. The number of para-hydroxylation sites is 2. The highest BCUT2D eigenvalue weighted by Crippen LogP contribution is 2.52.